The molecule has 1 aromatic heterocycles. The molecule has 3 N–H and O–H groups in total. The first-order valence-corrected chi connectivity index (χ1v) is 4.62. The first kappa shape index (κ1) is 9.21. The van der Waals surface area contributed by atoms with Crippen LogP contribution < -0.4 is 11.1 Å². The highest BCUT2D eigenvalue weighted by atomic mass is 16.2. The van der Waals surface area contributed by atoms with Gasteiger partial charge in [0, 0.05) is 13.2 Å². The fraction of sp³-hybridized carbons (Fsp3) is 0.556. The zero-order chi connectivity index (χ0) is 10.3. The molecule has 0 aromatic carbocycles. The number of rotatable bonds is 2. The Kier molecular flexibility index (Phi) is 1.85. The van der Waals surface area contributed by atoms with E-state index in [1.165, 1.54) is 0 Å². The Morgan fingerprint density at radius 3 is 2.79 bits per heavy atom. The lowest BCUT2D eigenvalue weighted by Gasteiger charge is -2.08. The highest BCUT2D eigenvalue weighted by Gasteiger charge is 2.46. The minimum Gasteiger partial charge on any atom is -0.322 e. The molecule has 1 saturated carbocycles. The smallest absolute Gasteiger partial charge is 0.244 e. The van der Waals surface area contributed by atoms with E-state index < -0.39 is 5.54 Å². The molecule has 0 radical (unpaired) electrons. The van der Waals surface area contributed by atoms with Crippen LogP contribution in [0, 0.1) is 6.92 Å². The van der Waals surface area contributed by atoms with Gasteiger partial charge in [-0.25, -0.2) is 0 Å². The van der Waals surface area contributed by atoms with Crippen LogP contribution in [-0.4, -0.2) is 21.2 Å². The minimum absolute atomic E-state index is 0.103. The molecule has 1 heterocycles. The topological polar surface area (TPSA) is 72.9 Å². The summed E-state index contributed by atoms with van der Waals surface area (Å²) < 4.78 is 1.67. The molecule has 1 amide bonds. The van der Waals surface area contributed by atoms with E-state index in [0.29, 0.717) is 0 Å². The summed E-state index contributed by atoms with van der Waals surface area (Å²) >= 11 is 0. The summed E-state index contributed by atoms with van der Waals surface area (Å²) in [5, 5.41) is 6.91. The van der Waals surface area contributed by atoms with E-state index in [1.807, 2.05) is 14.0 Å². The van der Waals surface area contributed by atoms with Crippen molar-refractivity contribution >= 4 is 11.6 Å². The average Bonchev–Trinajstić information content (AvgIpc) is 2.76. The van der Waals surface area contributed by atoms with Crippen molar-refractivity contribution < 1.29 is 4.79 Å². The fourth-order valence-electron chi connectivity index (χ4n) is 1.33. The molecule has 0 atom stereocenters. The molecule has 1 fully saturated rings. The molecule has 0 unspecified atom stereocenters. The molecule has 1 aliphatic carbocycles. The third kappa shape index (κ3) is 1.50. The molecule has 14 heavy (non-hydrogen) atoms. The van der Waals surface area contributed by atoms with Gasteiger partial charge in [0.15, 0.2) is 0 Å². The zero-order valence-electron chi connectivity index (χ0n) is 8.37. The predicted molar refractivity (Wildman–Crippen MR) is 52.7 cm³/mol. The van der Waals surface area contributed by atoms with Crippen molar-refractivity contribution in [3.63, 3.8) is 0 Å². The number of aryl methyl sites for hydroxylation is 2. The number of carbonyl (C=O) groups excluding carboxylic acids is 1. The Morgan fingerprint density at radius 1 is 1.71 bits per heavy atom. The van der Waals surface area contributed by atoms with Gasteiger partial charge in [0.2, 0.25) is 5.91 Å². The second kappa shape index (κ2) is 2.81. The second-order valence-corrected chi connectivity index (χ2v) is 3.91. The van der Waals surface area contributed by atoms with Crippen molar-refractivity contribution in [2.24, 2.45) is 12.8 Å². The number of nitrogens with two attached hydrogens (primary N) is 1. The summed E-state index contributed by atoms with van der Waals surface area (Å²) in [5.41, 5.74) is 6.69. The van der Waals surface area contributed by atoms with Gasteiger partial charge in [-0.15, -0.1) is 0 Å². The summed E-state index contributed by atoms with van der Waals surface area (Å²) in [6.07, 6.45) is 3.33. The number of amides is 1. The average molecular weight is 194 g/mol. The first-order valence-electron chi connectivity index (χ1n) is 4.62. The van der Waals surface area contributed by atoms with Crippen LogP contribution in [0.4, 0.5) is 5.69 Å². The van der Waals surface area contributed by atoms with E-state index in [1.54, 1.807) is 10.9 Å². The maximum atomic E-state index is 11.6. The number of hydrogen-bond donors (Lipinski definition) is 2. The van der Waals surface area contributed by atoms with Crippen LogP contribution in [0.1, 0.15) is 18.5 Å². The van der Waals surface area contributed by atoms with Gasteiger partial charge in [0.1, 0.15) is 0 Å². The fourth-order valence-corrected chi connectivity index (χ4v) is 1.33. The maximum Gasteiger partial charge on any atom is 0.244 e. The summed E-state index contributed by atoms with van der Waals surface area (Å²) in [6, 6.07) is 0. The molecule has 0 aliphatic heterocycles. The highest BCUT2D eigenvalue weighted by molar-refractivity contribution is 6.00. The van der Waals surface area contributed by atoms with Gasteiger partial charge < -0.3 is 11.1 Å². The maximum absolute atomic E-state index is 11.6. The molecule has 2 rings (SSSR count). The van der Waals surface area contributed by atoms with Gasteiger partial charge >= 0.3 is 0 Å². The van der Waals surface area contributed by atoms with Crippen LogP contribution in [-0.2, 0) is 11.8 Å². The van der Waals surface area contributed by atoms with Crippen molar-refractivity contribution in [2.75, 3.05) is 5.32 Å². The van der Waals surface area contributed by atoms with Crippen molar-refractivity contribution in [3.05, 3.63) is 11.9 Å². The molecule has 1 aromatic rings. The molecule has 1 aliphatic rings. The van der Waals surface area contributed by atoms with Crippen LogP contribution in [0.15, 0.2) is 6.20 Å². The molecular weight excluding hydrogens is 180 g/mol. The quantitative estimate of drug-likeness (QED) is 0.704. The SMILES string of the molecule is Cc1nn(C)cc1NC(=O)C1(N)CC1. The number of anilines is 1. The second-order valence-electron chi connectivity index (χ2n) is 3.91. The van der Waals surface area contributed by atoms with Crippen LogP contribution >= 0.6 is 0 Å². The standard InChI is InChI=1S/C9H14N4O/c1-6-7(5-13(2)12-6)11-8(14)9(10)3-4-9/h5H,3-4,10H2,1-2H3,(H,11,14). The highest BCUT2D eigenvalue weighted by Crippen LogP contribution is 2.33. The van der Waals surface area contributed by atoms with E-state index in [0.717, 1.165) is 24.2 Å². The van der Waals surface area contributed by atoms with Crippen LogP contribution in [0.2, 0.25) is 0 Å². The minimum atomic E-state index is -0.623. The lowest BCUT2D eigenvalue weighted by atomic mass is 10.2. The van der Waals surface area contributed by atoms with Crippen molar-refractivity contribution in [3.8, 4) is 0 Å². The number of nitrogens with zero attached hydrogens (tertiary/aromatic N) is 2. The monoisotopic (exact) mass is 194 g/mol. The lowest BCUT2D eigenvalue weighted by molar-refractivity contribution is -0.118. The van der Waals surface area contributed by atoms with Crippen LogP contribution in [0.3, 0.4) is 0 Å². The molecule has 0 saturated heterocycles. The number of carbonyl (C=O) groups is 1. The molecule has 0 bridgehead atoms. The van der Waals surface area contributed by atoms with Crippen LogP contribution in [0.25, 0.3) is 0 Å². The third-order valence-electron chi connectivity index (χ3n) is 2.50. The summed E-state index contributed by atoms with van der Waals surface area (Å²) in [6.45, 7) is 1.85. The first-order chi connectivity index (χ1) is 6.51. The molecule has 5 heteroatoms. The lowest BCUT2D eigenvalue weighted by Crippen LogP contribution is -2.37. The third-order valence-corrected chi connectivity index (χ3v) is 2.50. The normalized spacial score (nSPS) is 17.9. The van der Waals surface area contributed by atoms with Gasteiger partial charge in [-0.2, -0.15) is 5.10 Å². The number of hydrogen-bond acceptors (Lipinski definition) is 3. The molecule has 76 valence electrons. The van der Waals surface area contributed by atoms with Crippen molar-refractivity contribution in [1.82, 2.24) is 9.78 Å². The zero-order valence-corrected chi connectivity index (χ0v) is 8.37. The van der Waals surface area contributed by atoms with Gasteiger partial charge in [-0.1, -0.05) is 0 Å². The molecule has 5 nitrogen and oxygen atoms in total. The van der Waals surface area contributed by atoms with E-state index in [4.69, 9.17) is 5.73 Å². The summed E-state index contributed by atoms with van der Waals surface area (Å²) in [5.74, 6) is -0.103. The van der Waals surface area contributed by atoms with Crippen LogP contribution in [0.5, 0.6) is 0 Å². The Labute approximate surface area is 82.3 Å². The van der Waals surface area contributed by atoms with E-state index in [2.05, 4.69) is 10.4 Å². The number of nitrogens with one attached hydrogen (secondary N) is 1. The van der Waals surface area contributed by atoms with Gasteiger partial charge in [0.05, 0.1) is 16.9 Å². The Hall–Kier alpha value is -1.36. The molecular formula is C9H14N4O. The molecule has 0 spiro atoms. The predicted octanol–water partition coefficient (Wildman–Crippen LogP) is 0.158. The largest absolute Gasteiger partial charge is 0.322 e. The van der Waals surface area contributed by atoms with E-state index in [9.17, 15) is 4.79 Å². The Balaban J connectivity index is 2.11. The van der Waals surface area contributed by atoms with Crippen molar-refractivity contribution in [1.29, 1.82) is 0 Å². The Morgan fingerprint density at radius 2 is 2.36 bits per heavy atom. The Bertz CT molecular complexity index is 378. The van der Waals surface area contributed by atoms with Crippen molar-refractivity contribution in [2.45, 2.75) is 25.3 Å². The van der Waals surface area contributed by atoms with Gasteiger partial charge in [0.25, 0.3) is 0 Å². The van der Waals surface area contributed by atoms with Gasteiger partial charge in [-0.05, 0) is 19.8 Å². The summed E-state index contributed by atoms with van der Waals surface area (Å²) in [7, 11) is 1.82. The van der Waals surface area contributed by atoms with Gasteiger partial charge in [-0.3, -0.25) is 9.48 Å². The van der Waals surface area contributed by atoms with E-state index in [-0.39, 0.29) is 5.91 Å². The van der Waals surface area contributed by atoms with E-state index >= 15 is 0 Å². The number of aromatic nitrogens is 2. The summed E-state index contributed by atoms with van der Waals surface area (Å²) in [4.78, 5) is 11.6.